The lowest BCUT2D eigenvalue weighted by Gasteiger charge is -2.11. The molecule has 0 radical (unpaired) electrons. The Bertz CT molecular complexity index is 1020. The molecular weight excluding hydrogens is 312 g/mol. The highest BCUT2D eigenvalue weighted by Crippen LogP contribution is 2.35. The molecule has 0 N–H and O–H groups in total. The second-order valence-electron chi connectivity index (χ2n) is 5.55. The summed E-state index contributed by atoms with van der Waals surface area (Å²) in [6.45, 7) is 0. The van der Waals surface area contributed by atoms with Crippen LogP contribution in [0.25, 0.3) is 22.0 Å². The van der Waals surface area contributed by atoms with E-state index in [1.165, 1.54) is 0 Å². The maximum atomic E-state index is 5.89. The van der Waals surface area contributed by atoms with E-state index in [-0.39, 0.29) is 0 Å². The number of hydrogen-bond acceptors (Lipinski definition) is 4. The Morgan fingerprint density at radius 1 is 0.760 bits per heavy atom. The molecule has 4 nitrogen and oxygen atoms in total. The molecule has 0 atom stereocenters. The third-order valence-electron chi connectivity index (χ3n) is 3.94. The van der Waals surface area contributed by atoms with Crippen LogP contribution in [-0.2, 0) is 0 Å². The van der Waals surface area contributed by atoms with Gasteiger partial charge in [0.1, 0.15) is 0 Å². The average molecular weight is 328 g/mol. The number of benzene rings is 2. The van der Waals surface area contributed by atoms with Gasteiger partial charge in [-0.25, -0.2) is 4.98 Å². The molecule has 0 aliphatic carbocycles. The fourth-order valence-corrected chi connectivity index (χ4v) is 2.68. The highest BCUT2D eigenvalue weighted by atomic mass is 16.5. The van der Waals surface area contributed by atoms with Gasteiger partial charge in [-0.1, -0.05) is 30.3 Å². The van der Waals surface area contributed by atoms with Crippen LogP contribution in [0.4, 0.5) is 0 Å². The summed E-state index contributed by atoms with van der Waals surface area (Å²) in [6.07, 6.45) is 3.57. The third kappa shape index (κ3) is 3.15. The van der Waals surface area contributed by atoms with E-state index in [0.29, 0.717) is 17.4 Å². The predicted octanol–water partition coefficient (Wildman–Crippen LogP) is 5.10. The van der Waals surface area contributed by atoms with E-state index < -0.39 is 0 Å². The van der Waals surface area contributed by atoms with Crippen molar-refractivity contribution in [3.05, 3.63) is 79.1 Å². The van der Waals surface area contributed by atoms with Crippen molar-refractivity contribution < 1.29 is 9.47 Å². The smallest absolute Gasteiger partial charge is 0.219 e. The molecule has 4 rings (SSSR count). The van der Waals surface area contributed by atoms with Crippen LogP contribution in [0.5, 0.6) is 17.4 Å². The first-order chi connectivity index (χ1) is 12.3. The number of fused-ring (bicyclic) bond motifs is 1. The standard InChI is InChI=1S/C21H16N2O2/c1-24-19-10-9-16(13-20(19)25-21-8-4-5-11-22-21)18-12-15-6-2-3-7-17(15)14-23-18/h2-14H,1H3. The molecule has 4 heteroatoms. The fraction of sp³-hybridized carbons (Fsp3) is 0.0476. The van der Waals surface area contributed by atoms with E-state index in [2.05, 4.69) is 28.2 Å². The molecule has 4 aromatic rings. The highest BCUT2D eigenvalue weighted by molar-refractivity contribution is 5.85. The summed E-state index contributed by atoms with van der Waals surface area (Å²) in [4.78, 5) is 8.77. The Hall–Kier alpha value is -3.40. The van der Waals surface area contributed by atoms with Crippen molar-refractivity contribution in [1.82, 2.24) is 9.97 Å². The van der Waals surface area contributed by atoms with Gasteiger partial charge in [-0.3, -0.25) is 4.98 Å². The lowest BCUT2D eigenvalue weighted by atomic mass is 10.1. The van der Waals surface area contributed by atoms with Gasteiger partial charge in [0.25, 0.3) is 0 Å². The van der Waals surface area contributed by atoms with Crippen molar-refractivity contribution in [2.24, 2.45) is 0 Å². The number of pyridine rings is 2. The normalized spacial score (nSPS) is 10.6. The van der Waals surface area contributed by atoms with Crippen molar-refractivity contribution in [3.8, 4) is 28.6 Å². The second-order valence-corrected chi connectivity index (χ2v) is 5.55. The second kappa shape index (κ2) is 6.61. The average Bonchev–Trinajstić information content (AvgIpc) is 2.68. The van der Waals surface area contributed by atoms with Gasteiger partial charge in [0, 0.05) is 29.4 Å². The molecule has 2 aromatic heterocycles. The molecule has 0 bridgehead atoms. The quantitative estimate of drug-likeness (QED) is 0.523. The van der Waals surface area contributed by atoms with Crippen LogP contribution in [0.15, 0.2) is 79.1 Å². The Labute approximate surface area is 145 Å². The largest absolute Gasteiger partial charge is 0.493 e. The summed E-state index contributed by atoms with van der Waals surface area (Å²) in [5.41, 5.74) is 1.84. The number of methoxy groups -OCH3 is 1. The van der Waals surface area contributed by atoms with E-state index in [1.807, 2.05) is 48.7 Å². The fourth-order valence-electron chi connectivity index (χ4n) is 2.68. The summed E-state index contributed by atoms with van der Waals surface area (Å²) in [5, 5.41) is 2.26. The van der Waals surface area contributed by atoms with Crippen LogP contribution < -0.4 is 9.47 Å². The molecule has 0 fully saturated rings. The minimum Gasteiger partial charge on any atom is -0.493 e. The Kier molecular flexibility index (Phi) is 4.01. The Balaban J connectivity index is 1.75. The number of hydrogen-bond donors (Lipinski definition) is 0. The van der Waals surface area contributed by atoms with Crippen LogP contribution in [0, 0.1) is 0 Å². The van der Waals surface area contributed by atoms with Crippen LogP contribution in [0.3, 0.4) is 0 Å². The lowest BCUT2D eigenvalue weighted by molar-refractivity contribution is 0.374. The predicted molar refractivity (Wildman–Crippen MR) is 98.0 cm³/mol. The van der Waals surface area contributed by atoms with Crippen molar-refractivity contribution >= 4 is 10.8 Å². The van der Waals surface area contributed by atoms with Gasteiger partial charge in [0.05, 0.1) is 12.8 Å². The summed E-state index contributed by atoms with van der Waals surface area (Å²) in [6, 6.07) is 21.5. The van der Waals surface area contributed by atoms with Crippen molar-refractivity contribution in [1.29, 1.82) is 0 Å². The van der Waals surface area contributed by atoms with E-state index >= 15 is 0 Å². The number of nitrogens with zero attached hydrogens (tertiary/aromatic N) is 2. The van der Waals surface area contributed by atoms with Crippen molar-refractivity contribution in [2.45, 2.75) is 0 Å². The molecule has 0 amide bonds. The molecule has 0 aliphatic rings. The van der Waals surface area contributed by atoms with Gasteiger partial charge in [0.2, 0.25) is 5.88 Å². The van der Waals surface area contributed by atoms with Crippen molar-refractivity contribution in [3.63, 3.8) is 0 Å². The maximum Gasteiger partial charge on any atom is 0.219 e. The third-order valence-corrected chi connectivity index (χ3v) is 3.94. The van der Waals surface area contributed by atoms with Crippen LogP contribution >= 0.6 is 0 Å². The molecule has 0 saturated heterocycles. The Morgan fingerprint density at radius 2 is 1.60 bits per heavy atom. The number of ether oxygens (including phenoxy) is 2. The molecule has 25 heavy (non-hydrogen) atoms. The zero-order valence-corrected chi connectivity index (χ0v) is 13.7. The van der Waals surface area contributed by atoms with Gasteiger partial charge in [-0.15, -0.1) is 0 Å². The van der Waals surface area contributed by atoms with Crippen LogP contribution in [0.2, 0.25) is 0 Å². The van der Waals surface area contributed by atoms with E-state index in [0.717, 1.165) is 22.0 Å². The number of rotatable bonds is 4. The molecular formula is C21H16N2O2. The highest BCUT2D eigenvalue weighted by Gasteiger charge is 2.10. The number of aromatic nitrogens is 2. The first kappa shape index (κ1) is 15.1. The van der Waals surface area contributed by atoms with E-state index in [4.69, 9.17) is 9.47 Å². The minimum absolute atomic E-state index is 0.518. The molecule has 2 aromatic carbocycles. The minimum atomic E-state index is 0.518. The van der Waals surface area contributed by atoms with E-state index in [1.54, 1.807) is 19.4 Å². The molecule has 122 valence electrons. The monoisotopic (exact) mass is 328 g/mol. The van der Waals surface area contributed by atoms with E-state index in [9.17, 15) is 0 Å². The molecule has 2 heterocycles. The SMILES string of the molecule is COc1ccc(-c2cc3ccccc3cn2)cc1Oc1ccccn1. The first-order valence-electron chi connectivity index (χ1n) is 7.95. The first-order valence-corrected chi connectivity index (χ1v) is 7.95. The van der Waals surface area contributed by atoms with Gasteiger partial charge in [0.15, 0.2) is 11.5 Å². The summed E-state index contributed by atoms with van der Waals surface area (Å²) < 4.78 is 11.3. The van der Waals surface area contributed by atoms with Gasteiger partial charge in [-0.05, 0) is 35.7 Å². The molecule has 0 saturated carbocycles. The van der Waals surface area contributed by atoms with Crippen molar-refractivity contribution in [2.75, 3.05) is 7.11 Å². The summed E-state index contributed by atoms with van der Waals surface area (Å²) >= 11 is 0. The van der Waals surface area contributed by atoms with Crippen LogP contribution in [-0.4, -0.2) is 17.1 Å². The topological polar surface area (TPSA) is 44.2 Å². The Morgan fingerprint density at radius 3 is 2.40 bits per heavy atom. The zero-order chi connectivity index (χ0) is 17.1. The molecule has 0 spiro atoms. The lowest BCUT2D eigenvalue weighted by Crippen LogP contribution is -1.93. The molecule has 0 unspecified atom stereocenters. The maximum absolute atomic E-state index is 5.89. The summed E-state index contributed by atoms with van der Waals surface area (Å²) in [7, 11) is 1.62. The van der Waals surface area contributed by atoms with Gasteiger partial charge in [-0.2, -0.15) is 0 Å². The summed E-state index contributed by atoms with van der Waals surface area (Å²) in [5.74, 6) is 1.77. The molecule has 0 aliphatic heterocycles. The zero-order valence-electron chi connectivity index (χ0n) is 13.7. The van der Waals surface area contributed by atoms with Crippen LogP contribution in [0.1, 0.15) is 0 Å². The van der Waals surface area contributed by atoms with Gasteiger partial charge >= 0.3 is 0 Å². The van der Waals surface area contributed by atoms with Gasteiger partial charge < -0.3 is 9.47 Å².